The third kappa shape index (κ3) is 4.17. The Morgan fingerprint density at radius 3 is 2.71 bits per heavy atom. The summed E-state index contributed by atoms with van der Waals surface area (Å²) >= 11 is 1.50. The van der Waals surface area contributed by atoms with Crippen molar-refractivity contribution in [3.05, 3.63) is 76.2 Å². The fourth-order valence-electron chi connectivity index (χ4n) is 2.17. The standard InChI is InChI=1S/C18H16N2O3S/c21-16-8-4-5-10-20(16)11-9-17(22)23-13-15-12-19-18(24-15)14-6-2-1-3-7-14/h1-8,10,12H,9,11,13H2. The van der Waals surface area contributed by atoms with Crippen molar-refractivity contribution >= 4 is 17.3 Å². The predicted octanol–water partition coefficient (Wildman–Crippen LogP) is 3.11. The molecule has 6 heteroatoms. The molecule has 0 saturated carbocycles. The van der Waals surface area contributed by atoms with E-state index in [4.69, 9.17) is 4.74 Å². The molecule has 3 aromatic rings. The van der Waals surface area contributed by atoms with Crippen LogP contribution in [0.1, 0.15) is 11.3 Å². The van der Waals surface area contributed by atoms with Crippen LogP contribution in [0.15, 0.2) is 65.7 Å². The van der Waals surface area contributed by atoms with E-state index in [1.54, 1.807) is 24.5 Å². The third-order valence-electron chi connectivity index (χ3n) is 3.41. The molecule has 0 aliphatic rings. The molecule has 0 atom stereocenters. The number of nitrogens with zero attached hydrogens (tertiary/aromatic N) is 2. The van der Waals surface area contributed by atoms with Gasteiger partial charge in [-0.25, -0.2) is 4.98 Å². The Morgan fingerprint density at radius 2 is 1.92 bits per heavy atom. The third-order valence-corrected chi connectivity index (χ3v) is 4.43. The van der Waals surface area contributed by atoms with Crippen molar-refractivity contribution < 1.29 is 9.53 Å². The van der Waals surface area contributed by atoms with Crippen LogP contribution in [0.4, 0.5) is 0 Å². The Balaban J connectivity index is 1.51. The molecule has 2 aromatic heterocycles. The average Bonchev–Trinajstić information content (AvgIpc) is 3.09. The van der Waals surface area contributed by atoms with Gasteiger partial charge < -0.3 is 9.30 Å². The molecule has 0 fully saturated rings. The largest absolute Gasteiger partial charge is 0.460 e. The molecule has 2 heterocycles. The van der Waals surface area contributed by atoms with E-state index in [1.165, 1.54) is 22.0 Å². The van der Waals surface area contributed by atoms with Gasteiger partial charge in [0.15, 0.2) is 0 Å². The quantitative estimate of drug-likeness (QED) is 0.647. The second-order valence-corrected chi connectivity index (χ2v) is 6.26. The van der Waals surface area contributed by atoms with Crippen molar-refractivity contribution in [2.75, 3.05) is 0 Å². The minimum absolute atomic E-state index is 0.125. The van der Waals surface area contributed by atoms with E-state index in [-0.39, 0.29) is 24.6 Å². The fraction of sp³-hybridized carbons (Fsp3) is 0.167. The molecule has 3 rings (SSSR count). The smallest absolute Gasteiger partial charge is 0.307 e. The fourth-order valence-corrected chi connectivity index (χ4v) is 3.00. The van der Waals surface area contributed by atoms with Gasteiger partial charge in [-0.2, -0.15) is 0 Å². The lowest BCUT2D eigenvalue weighted by Crippen LogP contribution is -2.20. The molecule has 0 unspecified atom stereocenters. The lowest BCUT2D eigenvalue weighted by molar-refractivity contribution is -0.145. The van der Waals surface area contributed by atoms with Gasteiger partial charge in [-0.15, -0.1) is 11.3 Å². The van der Waals surface area contributed by atoms with E-state index in [2.05, 4.69) is 4.98 Å². The monoisotopic (exact) mass is 340 g/mol. The summed E-state index contributed by atoms with van der Waals surface area (Å²) in [7, 11) is 0. The number of ether oxygens (including phenoxy) is 1. The molecule has 1 aromatic carbocycles. The first kappa shape index (κ1) is 16.1. The van der Waals surface area contributed by atoms with Crippen LogP contribution in [0.25, 0.3) is 10.6 Å². The Kier molecular flexibility index (Phi) is 5.18. The highest BCUT2D eigenvalue weighted by Gasteiger charge is 2.08. The van der Waals surface area contributed by atoms with Crippen molar-refractivity contribution in [3.8, 4) is 10.6 Å². The summed E-state index contributed by atoms with van der Waals surface area (Å²) in [5.41, 5.74) is 0.920. The van der Waals surface area contributed by atoms with Gasteiger partial charge in [-0.3, -0.25) is 9.59 Å². The minimum atomic E-state index is -0.333. The molecule has 0 aliphatic heterocycles. The van der Waals surface area contributed by atoms with E-state index < -0.39 is 0 Å². The molecular weight excluding hydrogens is 324 g/mol. The molecule has 0 amide bonds. The number of hydrogen-bond donors (Lipinski definition) is 0. The number of aryl methyl sites for hydroxylation is 1. The molecule has 0 N–H and O–H groups in total. The zero-order valence-electron chi connectivity index (χ0n) is 12.9. The van der Waals surface area contributed by atoms with Crippen molar-refractivity contribution in [1.82, 2.24) is 9.55 Å². The van der Waals surface area contributed by atoms with Gasteiger partial charge in [-0.05, 0) is 6.07 Å². The maximum absolute atomic E-state index is 11.8. The average molecular weight is 340 g/mol. The van der Waals surface area contributed by atoms with Gasteiger partial charge in [0.1, 0.15) is 11.6 Å². The normalized spacial score (nSPS) is 10.5. The van der Waals surface area contributed by atoms with Crippen molar-refractivity contribution in [3.63, 3.8) is 0 Å². The van der Waals surface area contributed by atoms with Crippen LogP contribution in [0.5, 0.6) is 0 Å². The highest BCUT2D eigenvalue weighted by atomic mass is 32.1. The van der Waals surface area contributed by atoms with Crippen LogP contribution in [0.2, 0.25) is 0 Å². The van der Waals surface area contributed by atoms with E-state index in [0.717, 1.165) is 15.4 Å². The number of esters is 1. The summed E-state index contributed by atoms with van der Waals surface area (Å²) in [6.45, 7) is 0.517. The first-order chi connectivity index (χ1) is 11.7. The van der Waals surface area contributed by atoms with Crippen LogP contribution < -0.4 is 5.56 Å². The molecule has 24 heavy (non-hydrogen) atoms. The van der Waals surface area contributed by atoms with E-state index >= 15 is 0 Å². The summed E-state index contributed by atoms with van der Waals surface area (Å²) in [5.74, 6) is -0.333. The maximum atomic E-state index is 11.8. The topological polar surface area (TPSA) is 61.2 Å². The van der Waals surface area contributed by atoms with E-state index in [9.17, 15) is 9.59 Å². The Bertz CT molecular complexity index is 871. The van der Waals surface area contributed by atoms with Crippen LogP contribution in [-0.4, -0.2) is 15.5 Å². The Morgan fingerprint density at radius 1 is 1.12 bits per heavy atom. The lowest BCUT2D eigenvalue weighted by atomic mass is 10.2. The van der Waals surface area contributed by atoms with Crippen molar-refractivity contribution in [2.24, 2.45) is 0 Å². The summed E-state index contributed by atoms with van der Waals surface area (Å²) in [5, 5.41) is 0.900. The number of carbonyl (C=O) groups is 1. The first-order valence-corrected chi connectivity index (χ1v) is 8.35. The molecule has 122 valence electrons. The van der Waals surface area contributed by atoms with Crippen molar-refractivity contribution in [2.45, 2.75) is 19.6 Å². The summed E-state index contributed by atoms with van der Waals surface area (Å²) < 4.78 is 6.74. The number of aromatic nitrogens is 2. The summed E-state index contributed by atoms with van der Waals surface area (Å²) in [4.78, 5) is 28.6. The molecule has 5 nitrogen and oxygen atoms in total. The SMILES string of the molecule is O=C(CCn1ccccc1=O)OCc1cnc(-c2ccccc2)s1. The number of benzene rings is 1. The molecule has 0 radical (unpaired) electrons. The second kappa shape index (κ2) is 7.70. The van der Waals surface area contributed by atoms with E-state index in [0.29, 0.717) is 6.54 Å². The van der Waals surface area contributed by atoms with E-state index in [1.807, 2.05) is 30.3 Å². The van der Waals surface area contributed by atoms with Crippen LogP contribution in [0, 0.1) is 0 Å². The Labute approximate surface area is 143 Å². The summed E-state index contributed by atoms with van der Waals surface area (Å²) in [6.07, 6.45) is 3.54. The lowest BCUT2D eigenvalue weighted by Gasteiger charge is -2.05. The highest BCUT2D eigenvalue weighted by Crippen LogP contribution is 2.25. The van der Waals surface area contributed by atoms with Crippen LogP contribution in [0.3, 0.4) is 0 Å². The molecule has 0 spiro atoms. The number of carbonyl (C=O) groups excluding carboxylic acids is 1. The molecule has 0 saturated heterocycles. The first-order valence-electron chi connectivity index (χ1n) is 7.53. The predicted molar refractivity (Wildman–Crippen MR) is 92.7 cm³/mol. The number of rotatable bonds is 6. The van der Waals surface area contributed by atoms with Gasteiger partial charge in [0.2, 0.25) is 0 Å². The Hall–Kier alpha value is -2.73. The van der Waals surface area contributed by atoms with Crippen LogP contribution >= 0.6 is 11.3 Å². The zero-order valence-corrected chi connectivity index (χ0v) is 13.7. The van der Waals surface area contributed by atoms with Gasteiger partial charge in [-0.1, -0.05) is 36.4 Å². The number of thiazole rings is 1. The highest BCUT2D eigenvalue weighted by molar-refractivity contribution is 7.15. The van der Waals surface area contributed by atoms with Gasteiger partial charge >= 0.3 is 5.97 Å². The number of pyridine rings is 1. The summed E-state index contributed by atoms with van der Waals surface area (Å²) in [6, 6.07) is 14.8. The minimum Gasteiger partial charge on any atom is -0.460 e. The maximum Gasteiger partial charge on any atom is 0.307 e. The number of hydrogen-bond acceptors (Lipinski definition) is 5. The van der Waals surface area contributed by atoms with Crippen LogP contribution in [-0.2, 0) is 22.7 Å². The molecule has 0 aliphatic carbocycles. The second-order valence-electron chi connectivity index (χ2n) is 5.14. The zero-order chi connectivity index (χ0) is 16.8. The van der Waals surface area contributed by atoms with Gasteiger partial charge in [0.05, 0.1) is 11.3 Å². The van der Waals surface area contributed by atoms with Crippen molar-refractivity contribution in [1.29, 1.82) is 0 Å². The molecule has 0 bridgehead atoms. The molecular formula is C18H16N2O3S. The van der Waals surface area contributed by atoms with Gasteiger partial charge in [0.25, 0.3) is 5.56 Å². The van der Waals surface area contributed by atoms with Gasteiger partial charge in [0, 0.05) is 30.6 Å².